The molecule has 9 nitrogen and oxygen atoms in total. The summed E-state index contributed by atoms with van der Waals surface area (Å²) < 4.78 is 5.61. The summed E-state index contributed by atoms with van der Waals surface area (Å²) >= 11 is 0. The van der Waals surface area contributed by atoms with E-state index in [0.717, 1.165) is 30.5 Å². The van der Waals surface area contributed by atoms with Crippen LogP contribution < -0.4 is 15.4 Å². The molecule has 0 unspecified atom stereocenters. The summed E-state index contributed by atoms with van der Waals surface area (Å²) in [5, 5.41) is 15.1. The van der Waals surface area contributed by atoms with E-state index in [1.54, 1.807) is 17.0 Å². The van der Waals surface area contributed by atoms with Crippen LogP contribution >= 0.6 is 0 Å². The maximum absolute atomic E-state index is 13.8. The number of unbranched alkanes of at least 4 members (excludes halogenated alkanes) is 1. The van der Waals surface area contributed by atoms with E-state index in [1.165, 1.54) is 0 Å². The second kappa shape index (κ2) is 12.9. The summed E-state index contributed by atoms with van der Waals surface area (Å²) in [7, 11) is 4.03. The Morgan fingerprint density at radius 2 is 1.92 bits per heavy atom. The predicted octanol–water partition coefficient (Wildman–Crippen LogP) is 1.52. The van der Waals surface area contributed by atoms with Gasteiger partial charge in [-0.3, -0.25) is 14.4 Å². The molecular formula is C29H38N4O5. The first-order chi connectivity index (χ1) is 18.4. The van der Waals surface area contributed by atoms with Crippen LogP contribution in [0.15, 0.2) is 54.6 Å². The number of aliphatic hydroxyl groups is 1. The summed E-state index contributed by atoms with van der Waals surface area (Å²) in [6.07, 6.45) is 2.44. The Morgan fingerprint density at radius 1 is 1.13 bits per heavy atom. The van der Waals surface area contributed by atoms with Gasteiger partial charge in [0, 0.05) is 13.0 Å². The lowest BCUT2D eigenvalue weighted by molar-refractivity contribution is -0.149. The van der Waals surface area contributed by atoms with Gasteiger partial charge < -0.3 is 30.3 Å². The van der Waals surface area contributed by atoms with Crippen LogP contribution in [0.25, 0.3) is 0 Å². The normalized spacial score (nSPS) is 22.8. The Kier molecular flexibility index (Phi) is 9.36. The fourth-order valence-electron chi connectivity index (χ4n) is 5.38. The SMILES string of the molecule is CN(C)CCCCNC(=O)[C@@H]1C[C@@H]2C(=O)N[C@@H](Cc3ccccc3)C(=O)N2[C@@H]1c1cccc(OCCO)c1. The number of hydrogen-bond acceptors (Lipinski definition) is 6. The molecule has 3 amide bonds. The topological polar surface area (TPSA) is 111 Å². The molecule has 2 aliphatic heterocycles. The van der Waals surface area contributed by atoms with Crippen molar-refractivity contribution in [3.8, 4) is 5.75 Å². The lowest BCUT2D eigenvalue weighted by Crippen LogP contribution is -2.62. The van der Waals surface area contributed by atoms with Crippen LogP contribution in [0.1, 0.15) is 36.4 Å². The minimum absolute atomic E-state index is 0.124. The van der Waals surface area contributed by atoms with Crippen molar-refractivity contribution in [3.63, 3.8) is 0 Å². The molecule has 0 spiro atoms. The fourth-order valence-corrected chi connectivity index (χ4v) is 5.38. The number of nitrogens with zero attached hydrogens (tertiary/aromatic N) is 2. The zero-order valence-electron chi connectivity index (χ0n) is 22.1. The highest BCUT2D eigenvalue weighted by molar-refractivity contribution is 5.99. The van der Waals surface area contributed by atoms with Crippen LogP contribution in [0.2, 0.25) is 0 Å². The largest absolute Gasteiger partial charge is 0.491 e. The Bertz CT molecular complexity index is 1110. The molecule has 2 aliphatic rings. The van der Waals surface area contributed by atoms with Crippen LogP contribution in [0.5, 0.6) is 5.75 Å². The number of nitrogens with one attached hydrogen (secondary N) is 2. The van der Waals surface area contributed by atoms with Crippen molar-refractivity contribution < 1.29 is 24.2 Å². The summed E-state index contributed by atoms with van der Waals surface area (Å²) in [5.41, 5.74) is 1.68. The van der Waals surface area contributed by atoms with Crippen LogP contribution in [0.4, 0.5) is 0 Å². The molecule has 2 aromatic carbocycles. The molecule has 0 radical (unpaired) electrons. The molecular weight excluding hydrogens is 484 g/mol. The van der Waals surface area contributed by atoms with Gasteiger partial charge in [-0.2, -0.15) is 0 Å². The molecule has 204 valence electrons. The van der Waals surface area contributed by atoms with Crippen molar-refractivity contribution in [3.05, 3.63) is 65.7 Å². The molecule has 2 aromatic rings. The number of carbonyl (C=O) groups is 3. The number of rotatable bonds is 12. The Balaban J connectivity index is 1.59. The van der Waals surface area contributed by atoms with Crippen LogP contribution in [-0.2, 0) is 20.8 Å². The molecule has 38 heavy (non-hydrogen) atoms. The van der Waals surface area contributed by atoms with Gasteiger partial charge in [-0.15, -0.1) is 0 Å². The Morgan fingerprint density at radius 3 is 2.66 bits per heavy atom. The van der Waals surface area contributed by atoms with Gasteiger partial charge in [0.25, 0.3) is 0 Å². The van der Waals surface area contributed by atoms with Crippen molar-refractivity contribution in [2.45, 2.75) is 43.8 Å². The second-order valence-corrected chi connectivity index (χ2v) is 10.2. The van der Waals surface area contributed by atoms with Gasteiger partial charge in [-0.05, 0) is 63.2 Å². The lowest BCUT2D eigenvalue weighted by Gasteiger charge is -2.38. The third kappa shape index (κ3) is 6.52. The van der Waals surface area contributed by atoms with E-state index in [-0.39, 0.29) is 37.4 Å². The van der Waals surface area contributed by atoms with Crippen molar-refractivity contribution >= 4 is 17.7 Å². The Hall–Kier alpha value is -3.43. The number of benzene rings is 2. The minimum atomic E-state index is -0.717. The van der Waals surface area contributed by atoms with Gasteiger partial charge in [0.2, 0.25) is 17.7 Å². The van der Waals surface area contributed by atoms with Crippen molar-refractivity contribution in [2.75, 3.05) is 40.4 Å². The van der Waals surface area contributed by atoms with Crippen LogP contribution in [0, 0.1) is 5.92 Å². The first kappa shape index (κ1) is 27.6. The van der Waals surface area contributed by atoms with Crippen molar-refractivity contribution in [2.24, 2.45) is 5.92 Å². The van der Waals surface area contributed by atoms with E-state index < -0.39 is 24.0 Å². The summed E-state index contributed by atoms with van der Waals surface area (Å²) in [6.45, 7) is 1.49. The number of piperazine rings is 1. The summed E-state index contributed by atoms with van der Waals surface area (Å²) in [5.74, 6) is -0.614. The average molecular weight is 523 g/mol. The minimum Gasteiger partial charge on any atom is -0.491 e. The number of ether oxygens (including phenoxy) is 1. The maximum Gasteiger partial charge on any atom is 0.246 e. The van der Waals surface area contributed by atoms with E-state index in [0.29, 0.717) is 18.7 Å². The summed E-state index contributed by atoms with van der Waals surface area (Å²) in [4.78, 5) is 44.3. The van der Waals surface area contributed by atoms with Gasteiger partial charge in [-0.1, -0.05) is 42.5 Å². The number of hydrogen-bond donors (Lipinski definition) is 3. The van der Waals surface area contributed by atoms with Crippen molar-refractivity contribution in [1.82, 2.24) is 20.4 Å². The fraction of sp³-hybridized carbons (Fsp3) is 0.483. The predicted molar refractivity (Wildman–Crippen MR) is 143 cm³/mol. The lowest BCUT2D eigenvalue weighted by atomic mass is 9.92. The smallest absolute Gasteiger partial charge is 0.246 e. The number of amides is 3. The highest BCUT2D eigenvalue weighted by atomic mass is 16.5. The average Bonchev–Trinajstić information content (AvgIpc) is 3.32. The zero-order valence-corrected chi connectivity index (χ0v) is 22.1. The molecule has 2 fully saturated rings. The van der Waals surface area contributed by atoms with E-state index in [4.69, 9.17) is 9.84 Å². The first-order valence-corrected chi connectivity index (χ1v) is 13.3. The molecule has 9 heteroatoms. The molecule has 0 aromatic heterocycles. The van der Waals surface area contributed by atoms with Gasteiger partial charge in [0.05, 0.1) is 18.6 Å². The molecule has 0 aliphatic carbocycles. The molecule has 2 saturated heterocycles. The number of aliphatic hydroxyl groups excluding tert-OH is 1. The quantitative estimate of drug-likeness (QED) is 0.365. The number of carbonyl (C=O) groups excluding carboxylic acids is 3. The van der Waals surface area contributed by atoms with E-state index in [9.17, 15) is 14.4 Å². The van der Waals surface area contributed by atoms with Crippen LogP contribution in [0.3, 0.4) is 0 Å². The van der Waals surface area contributed by atoms with Gasteiger partial charge >= 0.3 is 0 Å². The molecule has 2 heterocycles. The third-order valence-electron chi connectivity index (χ3n) is 7.18. The number of fused-ring (bicyclic) bond motifs is 1. The highest BCUT2D eigenvalue weighted by Gasteiger charge is 2.54. The van der Waals surface area contributed by atoms with Gasteiger partial charge in [-0.25, -0.2) is 0 Å². The Labute approximate surface area is 224 Å². The summed E-state index contributed by atoms with van der Waals surface area (Å²) in [6, 6.07) is 14.8. The van der Waals surface area contributed by atoms with Gasteiger partial charge in [0.15, 0.2) is 0 Å². The van der Waals surface area contributed by atoms with Crippen molar-refractivity contribution in [1.29, 1.82) is 0 Å². The maximum atomic E-state index is 13.8. The monoisotopic (exact) mass is 522 g/mol. The van der Waals surface area contributed by atoms with E-state index in [2.05, 4.69) is 15.5 Å². The molecule has 3 N–H and O–H groups in total. The molecule has 0 bridgehead atoms. The third-order valence-corrected chi connectivity index (χ3v) is 7.18. The highest BCUT2D eigenvalue weighted by Crippen LogP contribution is 2.44. The molecule has 4 atom stereocenters. The van der Waals surface area contributed by atoms with E-state index >= 15 is 0 Å². The first-order valence-electron chi connectivity index (χ1n) is 13.3. The van der Waals surface area contributed by atoms with Crippen LogP contribution in [-0.4, -0.2) is 85.1 Å². The standard InChI is InChI=1S/C29H38N4O5/c1-32(2)14-7-6-13-30-27(35)23-19-25-28(36)31-24(17-20-9-4-3-5-10-20)29(37)33(25)26(23)21-11-8-12-22(18-21)38-16-15-34/h3-5,8-12,18,23-26,34H,6-7,13-17,19H2,1-2H3,(H,30,35)(H,31,36)/t23-,24+,25-,26-/m1/s1. The van der Waals surface area contributed by atoms with Gasteiger partial charge in [0.1, 0.15) is 24.4 Å². The van der Waals surface area contributed by atoms with E-state index in [1.807, 2.05) is 56.6 Å². The molecule has 4 rings (SSSR count). The zero-order chi connectivity index (χ0) is 27.1. The second-order valence-electron chi connectivity index (χ2n) is 10.2. The molecule has 0 saturated carbocycles.